The average molecular weight is 446 g/mol. The Morgan fingerprint density at radius 1 is 0.906 bits per heavy atom. The summed E-state index contributed by atoms with van der Waals surface area (Å²) in [5.41, 5.74) is 0.925. The third kappa shape index (κ3) is 14.0. The number of esters is 1. The predicted octanol–water partition coefficient (Wildman–Crippen LogP) is 5.85. The Morgan fingerprint density at radius 2 is 1.53 bits per heavy atom. The third-order valence-corrected chi connectivity index (χ3v) is 5.52. The summed E-state index contributed by atoms with van der Waals surface area (Å²) < 4.78 is 5.25. The topological polar surface area (TPSA) is 75.6 Å². The lowest BCUT2D eigenvalue weighted by Gasteiger charge is -2.18. The maximum Gasteiger partial charge on any atom is 0.330 e. The van der Waals surface area contributed by atoms with Crippen LogP contribution in [0.15, 0.2) is 42.5 Å². The van der Waals surface area contributed by atoms with Crippen molar-refractivity contribution < 1.29 is 19.4 Å². The van der Waals surface area contributed by atoms with Crippen molar-refractivity contribution in [2.45, 2.75) is 110 Å². The molecule has 0 aromatic heterocycles. The Balaban J connectivity index is 2.35. The third-order valence-electron chi connectivity index (χ3n) is 5.52. The van der Waals surface area contributed by atoms with Crippen LogP contribution in [0.3, 0.4) is 0 Å². The number of hydrogen-bond acceptors (Lipinski definition) is 4. The number of carbonyl (C=O) groups is 2. The van der Waals surface area contributed by atoms with E-state index in [9.17, 15) is 14.7 Å². The number of unbranched alkanes of at least 4 members (excludes halogenated alkanes) is 8. The molecule has 0 radical (unpaired) electrons. The van der Waals surface area contributed by atoms with Crippen molar-refractivity contribution in [3.63, 3.8) is 0 Å². The van der Waals surface area contributed by atoms with Crippen molar-refractivity contribution in [3.8, 4) is 0 Å². The van der Waals surface area contributed by atoms with Crippen molar-refractivity contribution in [1.82, 2.24) is 5.32 Å². The molecule has 0 aliphatic carbocycles. The zero-order valence-electron chi connectivity index (χ0n) is 20.1. The van der Waals surface area contributed by atoms with Gasteiger partial charge in [0.2, 0.25) is 5.91 Å². The number of amides is 1. The number of hydrogen-bond donors (Lipinski definition) is 2. The highest BCUT2D eigenvalue weighted by Crippen LogP contribution is 2.11. The quantitative estimate of drug-likeness (QED) is 0.169. The number of nitrogens with one attached hydrogen (secondary N) is 1. The van der Waals surface area contributed by atoms with E-state index in [-0.39, 0.29) is 18.6 Å². The summed E-state index contributed by atoms with van der Waals surface area (Å²) in [6.07, 6.45) is 14.5. The van der Waals surface area contributed by atoms with Gasteiger partial charge in [-0.1, -0.05) is 114 Å². The van der Waals surface area contributed by atoms with Gasteiger partial charge in [-0.2, -0.15) is 0 Å². The molecule has 1 unspecified atom stereocenters. The van der Waals surface area contributed by atoms with E-state index in [2.05, 4.69) is 19.2 Å². The molecule has 0 heterocycles. The van der Waals surface area contributed by atoms with Gasteiger partial charge in [-0.25, -0.2) is 4.79 Å². The number of ether oxygens (including phenoxy) is 1. The first-order valence-electron chi connectivity index (χ1n) is 12.4. The molecule has 32 heavy (non-hydrogen) atoms. The first kappa shape index (κ1) is 27.9. The van der Waals surface area contributed by atoms with Crippen LogP contribution in [0.1, 0.15) is 96.5 Å². The number of aliphatic hydroxyl groups is 1. The van der Waals surface area contributed by atoms with E-state index in [0.29, 0.717) is 6.42 Å². The minimum Gasteiger partial charge on any atom is -0.458 e. The SMILES string of the molecule is CCCCCCCCCCC(O)C(=O)N[C@H](C=CC(=O)OCc1ccccc1)CCCC. The number of benzene rings is 1. The van der Waals surface area contributed by atoms with Crippen LogP contribution in [-0.2, 0) is 20.9 Å². The highest BCUT2D eigenvalue weighted by Gasteiger charge is 2.17. The Labute approximate surface area is 194 Å². The molecule has 0 saturated heterocycles. The predicted molar refractivity (Wildman–Crippen MR) is 130 cm³/mol. The van der Waals surface area contributed by atoms with Crippen LogP contribution in [0.25, 0.3) is 0 Å². The summed E-state index contributed by atoms with van der Waals surface area (Å²) in [6, 6.07) is 9.21. The van der Waals surface area contributed by atoms with Gasteiger partial charge < -0.3 is 15.2 Å². The molecule has 5 nitrogen and oxygen atoms in total. The molecule has 5 heteroatoms. The molecule has 0 spiro atoms. The van der Waals surface area contributed by atoms with E-state index in [1.165, 1.54) is 38.2 Å². The lowest BCUT2D eigenvalue weighted by Crippen LogP contribution is -2.40. The Hall–Kier alpha value is -2.14. The molecule has 2 N–H and O–H groups in total. The van der Waals surface area contributed by atoms with Gasteiger partial charge >= 0.3 is 5.97 Å². The number of rotatable bonds is 18. The van der Waals surface area contributed by atoms with Crippen LogP contribution in [0.2, 0.25) is 0 Å². The van der Waals surface area contributed by atoms with E-state index >= 15 is 0 Å². The minimum atomic E-state index is -1.00. The Morgan fingerprint density at radius 3 is 2.19 bits per heavy atom. The number of aliphatic hydroxyl groups excluding tert-OH is 1. The minimum absolute atomic E-state index is 0.216. The van der Waals surface area contributed by atoms with Gasteiger partial charge in [0.05, 0.1) is 0 Å². The van der Waals surface area contributed by atoms with Gasteiger partial charge in [-0.15, -0.1) is 0 Å². The van der Waals surface area contributed by atoms with Crippen LogP contribution < -0.4 is 5.32 Å². The standard InChI is InChI=1S/C27H43NO4/c1-3-5-7-8-9-10-11-15-19-25(29)27(31)28-24(18-6-4-2)20-21-26(30)32-22-23-16-13-12-14-17-23/h12-14,16-17,20-21,24-25,29H,3-11,15,18-19,22H2,1-2H3,(H,28,31)/t24-,25?/m0/s1. The van der Waals surface area contributed by atoms with E-state index in [1.54, 1.807) is 6.08 Å². The fourth-order valence-corrected chi connectivity index (χ4v) is 3.49. The Kier molecular flexibility index (Phi) is 16.1. The van der Waals surface area contributed by atoms with E-state index in [0.717, 1.165) is 44.1 Å². The zero-order valence-corrected chi connectivity index (χ0v) is 20.1. The van der Waals surface area contributed by atoms with Crippen molar-refractivity contribution in [1.29, 1.82) is 0 Å². The monoisotopic (exact) mass is 445 g/mol. The molecular formula is C27H43NO4. The van der Waals surface area contributed by atoms with Gasteiger partial charge in [0.25, 0.3) is 0 Å². The van der Waals surface area contributed by atoms with Crippen molar-refractivity contribution in [3.05, 3.63) is 48.0 Å². The van der Waals surface area contributed by atoms with Gasteiger partial charge in [0, 0.05) is 12.1 Å². The van der Waals surface area contributed by atoms with Gasteiger partial charge in [0.15, 0.2) is 0 Å². The summed E-state index contributed by atoms with van der Waals surface area (Å²) in [4.78, 5) is 24.4. The molecule has 2 atom stereocenters. The smallest absolute Gasteiger partial charge is 0.330 e. The first-order chi connectivity index (χ1) is 15.6. The molecule has 1 aromatic rings. The summed E-state index contributed by atoms with van der Waals surface area (Å²) in [7, 11) is 0. The molecular weight excluding hydrogens is 402 g/mol. The summed E-state index contributed by atoms with van der Waals surface area (Å²) in [5, 5.41) is 13.1. The summed E-state index contributed by atoms with van der Waals surface area (Å²) >= 11 is 0. The second-order valence-electron chi connectivity index (χ2n) is 8.49. The highest BCUT2D eigenvalue weighted by atomic mass is 16.5. The zero-order chi connectivity index (χ0) is 23.4. The molecule has 0 bridgehead atoms. The molecule has 0 aliphatic rings. The average Bonchev–Trinajstić information content (AvgIpc) is 2.81. The van der Waals surface area contributed by atoms with Gasteiger partial charge in [0.1, 0.15) is 12.7 Å². The molecule has 0 fully saturated rings. The fraction of sp³-hybridized carbons (Fsp3) is 0.630. The first-order valence-corrected chi connectivity index (χ1v) is 12.4. The molecule has 1 amide bonds. The van der Waals surface area contributed by atoms with E-state index in [1.807, 2.05) is 30.3 Å². The largest absolute Gasteiger partial charge is 0.458 e. The molecule has 180 valence electrons. The van der Waals surface area contributed by atoms with Crippen LogP contribution in [0, 0.1) is 0 Å². The molecule has 0 aliphatic heterocycles. The second-order valence-corrected chi connectivity index (χ2v) is 8.49. The molecule has 1 aromatic carbocycles. The maximum atomic E-state index is 12.4. The molecule has 1 rings (SSSR count). The van der Waals surface area contributed by atoms with Crippen LogP contribution >= 0.6 is 0 Å². The van der Waals surface area contributed by atoms with Gasteiger partial charge in [-0.3, -0.25) is 4.79 Å². The number of carbonyl (C=O) groups excluding carboxylic acids is 2. The van der Waals surface area contributed by atoms with Crippen molar-refractivity contribution >= 4 is 11.9 Å². The maximum absolute atomic E-state index is 12.4. The summed E-state index contributed by atoms with van der Waals surface area (Å²) in [6.45, 7) is 4.51. The van der Waals surface area contributed by atoms with Crippen LogP contribution in [0.4, 0.5) is 0 Å². The highest BCUT2D eigenvalue weighted by molar-refractivity contribution is 5.83. The fourth-order valence-electron chi connectivity index (χ4n) is 3.49. The van der Waals surface area contributed by atoms with Gasteiger partial charge in [-0.05, 0) is 18.4 Å². The van der Waals surface area contributed by atoms with E-state index in [4.69, 9.17) is 4.74 Å². The normalized spacial score (nSPS) is 13.1. The lowest BCUT2D eigenvalue weighted by atomic mass is 10.0. The van der Waals surface area contributed by atoms with Crippen molar-refractivity contribution in [2.24, 2.45) is 0 Å². The van der Waals surface area contributed by atoms with Crippen LogP contribution in [-0.4, -0.2) is 29.1 Å². The van der Waals surface area contributed by atoms with Crippen LogP contribution in [0.5, 0.6) is 0 Å². The lowest BCUT2D eigenvalue weighted by molar-refractivity contribution is -0.139. The Bertz CT molecular complexity index is 644. The van der Waals surface area contributed by atoms with Crippen molar-refractivity contribution in [2.75, 3.05) is 0 Å². The second kappa shape index (κ2) is 18.4. The summed E-state index contributed by atoms with van der Waals surface area (Å²) in [5.74, 6) is -0.805. The van der Waals surface area contributed by atoms with E-state index < -0.39 is 12.1 Å². The molecule has 0 saturated carbocycles.